The van der Waals surface area contributed by atoms with Crippen molar-refractivity contribution >= 4 is 17.6 Å². The summed E-state index contributed by atoms with van der Waals surface area (Å²) in [5.41, 5.74) is 2.68. The second-order valence-electron chi connectivity index (χ2n) is 7.49. The number of nitrogens with zero attached hydrogens (tertiary/aromatic N) is 3. The second-order valence-corrected chi connectivity index (χ2v) is 7.49. The molecule has 4 rings (SSSR count). The molecule has 0 aliphatic carbocycles. The standard InChI is InChI=1S/C22H24FN3O3/c1-24(13-18-12-16-6-2-3-7-17(16)15-29-18)21(27)14-25-10-11-26(22(25)28)20-9-5-4-8-19(20)23/h2-9,18H,10-15H2,1H3. The first kappa shape index (κ1) is 19.4. The van der Waals surface area contributed by atoms with Gasteiger partial charge in [0.2, 0.25) is 5.91 Å². The Morgan fingerprint density at radius 3 is 2.66 bits per heavy atom. The van der Waals surface area contributed by atoms with Crippen LogP contribution in [0.5, 0.6) is 0 Å². The molecular weight excluding hydrogens is 373 g/mol. The van der Waals surface area contributed by atoms with E-state index in [2.05, 4.69) is 12.1 Å². The molecule has 29 heavy (non-hydrogen) atoms. The van der Waals surface area contributed by atoms with Crippen LogP contribution >= 0.6 is 0 Å². The molecule has 1 atom stereocenters. The van der Waals surface area contributed by atoms with Crippen LogP contribution < -0.4 is 4.90 Å². The smallest absolute Gasteiger partial charge is 0.325 e. The predicted octanol–water partition coefficient (Wildman–Crippen LogP) is 2.67. The molecule has 2 aliphatic rings. The third kappa shape index (κ3) is 4.10. The molecular formula is C22H24FN3O3. The average Bonchev–Trinajstić information content (AvgIpc) is 3.08. The fourth-order valence-corrected chi connectivity index (χ4v) is 3.84. The van der Waals surface area contributed by atoms with Crippen molar-refractivity contribution in [2.75, 3.05) is 38.1 Å². The highest BCUT2D eigenvalue weighted by Gasteiger charge is 2.33. The number of benzene rings is 2. The second kappa shape index (κ2) is 8.21. The Labute approximate surface area is 169 Å². The summed E-state index contributed by atoms with van der Waals surface area (Å²) in [4.78, 5) is 29.7. The molecule has 6 nitrogen and oxygen atoms in total. The summed E-state index contributed by atoms with van der Waals surface area (Å²) in [6.07, 6.45) is 0.695. The number of carbonyl (C=O) groups is 2. The minimum absolute atomic E-state index is 0.0242. The van der Waals surface area contributed by atoms with Crippen molar-refractivity contribution in [2.45, 2.75) is 19.1 Å². The van der Waals surface area contributed by atoms with Gasteiger partial charge in [0.15, 0.2) is 0 Å². The molecule has 2 heterocycles. The van der Waals surface area contributed by atoms with Gasteiger partial charge in [-0.15, -0.1) is 0 Å². The summed E-state index contributed by atoms with van der Waals surface area (Å²) in [6.45, 7) is 1.74. The maximum Gasteiger partial charge on any atom is 0.325 e. The van der Waals surface area contributed by atoms with Crippen molar-refractivity contribution in [3.05, 3.63) is 65.5 Å². The normalized spacial score (nSPS) is 18.7. The van der Waals surface area contributed by atoms with E-state index in [1.807, 2.05) is 12.1 Å². The molecule has 1 unspecified atom stereocenters. The summed E-state index contributed by atoms with van der Waals surface area (Å²) in [7, 11) is 1.72. The number of hydrogen-bond acceptors (Lipinski definition) is 3. The Balaban J connectivity index is 1.33. The summed E-state index contributed by atoms with van der Waals surface area (Å²) in [5.74, 6) is -0.600. The van der Waals surface area contributed by atoms with E-state index in [0.29, 0.717) is 26.2 Å². The van der Waals surface area contributed by atoms with Gasteiger partial charge in [0.25, 0.3) is 0 Å². The molecule has 2 aromatic carbocycles. The topological polar surface area (TPSA) is 53.1 Å². The molecule has 0 aromatic heterocycles. The Hall–Kier alpha value is -2.93. The van der Waals surface area contributed by atoms with E-state index >= 15 is 0 Å². The zero-order valence-electron chi connectivity index (χ0n) is 16.4. The monoisotopic (exact) mass is 397 g/mol. The van der Waals surface area contributed by atoms with Crippen molar-refractivity contribution < 1.29 is 18.7 Å². The van der Waals surface area contributed by atoms with Gasteiger partial charge in [-0.05, 0) is 23.3 Å². The number of rotatable bonds is 5. The summed E-state index contributed by atoms with van der Waals surface area (Å²) < 4.78 is 19.9. The molecule has 3 amide bonds. The van der Waals surface area contributed by atoms with Crippen LogP contribution in [0.15, 0.2) is 48.5 Å². The molecule has 1 saturated heterocycles. The lowest BCUT2D eigenvalue weighted by Gasteiger charge is -2.29. The van der Waals surface area contributed by atoms with Crippen molar-refractivity contribution in [3.8, 4) is 0 Å². The van der Waals surface area contributed by atoms with Crippen LogP contribution in [0.4, 0.5) is 14.9 Å². The van der Waals surface area contributed by atoms with Crippen molar-refractivity contribution in [3.63, 3.8) is 0 Å². The summed E-state index contributed by atoms with van der Waals surface area (Å²) in [6, 6.07) is 14.0. The van der Waals surface area contributed by atoms with Crippen molar-refractivity contribution in [1.29, 1.82) is 0 Å². The first-order valence-corrected chi connectivity index (χ1v) is 9.76. The SMILES string of the molecule is CN(CC1Cc2ccccc2CO1)C(=O)CN1CCN(c2ccccc2F)C1=O. The Morgan fingerprint density at radius 2 is 1.86 bits per heavy atom. The molecule has 0 N–H and O–H groups in total. The average molecular weight is 397 g/mol. The van der Waals surface area contributed by atoms with Gasteiger partial charge in [-0.25, -0.2) is 9.18 Å². The number of urea groups is 1. The molecule has 7 heteroatoms. The predicted molar refractivity (Wildman–Crippen MR) is 107 cm³/mol. The molecule has 0 saturated carbocycles. The number of anilines is 1. The van der Waals surface area contributed by atoms with E-state index in [1.54, 1.807) is 30.1 Å². The van der Waals surface area contributed by atoms with Gasteiger partial charge in [0.1, 0.15) is 12.4 Å². The molecule has 2 aliphatic heterocycles. The van der Waals surface area contributed by atoms with E-state index in [-0.39, 0.29) is 30.3 Å². The first-order valence-electron chi connectivity index (χ1n) is 9.76. The quantitative estimate of drug-likeness (QED) is 0.780. The Bertz CT molecular complexity index is 920. The van der Waals surface area contributed by atoms with Gasteiger partial charge >= 0.3 is 6.03 Å². The number of halogens is 1. The van der Waals surface area contributed by atoms with Gasteiger partial charge in [0, 0.05) is 33.1 Å². The van der Waals surface area contributed by atoms with E-state index in [4.69, 9.17) is 4.74 Å². The third-order valence-corrected chi connectivity index (χ3v) is 5.51. The Morgan fingerprint density at radius 1 is 1.14 bits per heavy atom. The van der Waals surface area contributed by atoms with Gasteiger partial charge in [-0.2, -0.15) is 0 Å². The fourth-order valence-electron chi connectivity index (χ4n) is 3.84. The molecule has 2 aromatic rings. The zero-order chi connectivity index (χ0) is 20.4. The Kier molecular flexibility index (Phi) is 5.49. The third-order valence-electron chi connectivity index (χ3n) is 5.51. The molecule has 0 spiro atoms. The maximum atomic E-state index is 14.0. The number of hydrogen-bond donors (Lipinski definition) is 0. The van der Waals surface area contributed by atoms with Crippen LogP contribution in [0.25, 0.3) is 0 Å². The number of amides is 3. The van der Waals surface area contributed by atoms with Crippen LogP contribution in [0.1, 0.15) is 11.1 Å². The minimum atomic E-state index is -0.444. The van der Waals surface area contributed by atoms with E-state index in [1.165, 1.54) is 27.0 Å². The van der Waals surface area contributed by atoms with Crippen LogP contribution in [-0.2, 0) is 22.6 Å². The largest absolute Gasteiger partial charge is 0.371 e. The van der Waals surface area contributed by atoms with Crippen LogP contribution in [0.3, 0.4) is 0 Å². The van der Waals surface area contributed by atoms with Crippen LogP contribution in [0.2, 0.25) is 0 Å². The molecule has 0 radical (unpaired) electrons. The minimum Gasteiger partial charge on any atom is -0.371 e. The number of para-hydroxylation sites is 1. The lowest BCUT2D eigenvalue weighted by Crippen LogP contribution is -2.44. The highest BCUT2D eigenvalue weighted by molar-refractivity contribution is 5.96. The van der Waals surface area contributed by atoms with Crippen molar-refractivity contribution in [1.82, 2.24) is 9.80 Å². The number of carbonyl (C=O) groups excluding carboxylic acids is 2. The van der Waals surface area contributed by atoms with Crippen molar-refractivity contribution in [2.24, 2.45) is 0 Å². The summed E-state index contributed by atoms with van der Waals surface area (Å²) >= 11 is 0. The summed E-state index contributed by atoms with van der Waals surface area (Å²) in [5, 5.41) is 0. The lowest BCUT2D eigenvalue weighted by molar-refractivity contribution is -0.132. The zero-order valence-corrected chi connectivity index (χ0v) is 16.4. The van der Waals surface area contributed by atoms with Gasteiger partial charge < -0.3 is 14.5 Å². The van der Waals surface area contributed by atoms with Gasteiger partial charge in [-0.3, -0.25) is 9.69 Å². The van der Waals surface area contributed by atoms with Gasteiger partial charge in [-0.1, -0.05) is 36.4 Å². The maximum absolute atomic E-state index is 14.0. The molecule has 152 valence electrons. The molecule has 0 bridgehead atoms. The van der Waals surface area contributed by atoms with E-state index in [0.717, 1.165) is 6.42 Å². The van der Waals surface area contributed by atoms with Crippen LogP contribution in [0, 0.1) is 5.82 Å². The fraction of sp³-hybridized carbons (Fsp3) is 0.364. The highest BCUT2D eigenvalue weighted by atomic mass is 19.1. The number of fused-ring (bicyclic) bond motifs is 1. The molecule has 1 fully saturated rings. The number of ether oxygens (including phenoxy) is 1. The highest BCUT2D eigenvalue weighted by Crippen LogP contribution is 2.24. The van der Waals surface area contributed by atoms with E-state index in [9.17, 15) is 14.0 Å². The number of likely N-dealkylation sites (N-methyl/N-ethyl adjacent to an activating group) is 1. The van der Waals surface area contributed by atoms with E-state index < -0.39 is 5.82 Å². The van der Waals surface area contributed by atoms with Crippen LogP contribution in [-0.4, -0.2) is 61.1 Å². The lowest BCUT2D eigenvalue weighted by atomic mass is 9.99. The van der Waals surface area contributed by atoms with Gasteiger partial charge in [0.05, 0.1) is 18.4 Å². The first-order chi connectivity index (χ1) is 14.0.